The molecule has 0 bridgehead atoms. The lowest BCUT2D eigenvalue weighted by atomic mass is 10.2. The molecule has 22 heavy (non-hydrogen) atoms. The van der Waals surface area contributed by atoms with Crippen molar-refractivity contribution in [2.75, 3.05) is 6.54 Å². The third-order valence-corrected chi connectivity index (χ3v) is 4.31. The van der Waals surface area contributed by atoms with Crippen molar-refractivity contribution in [1.29, 1.82) is 0 Å². The summed E-state index contributed by atoms with van der Waals surface area (Å²) in [6, 6.07) is 10.4. The summed E-state index contributed by atoms with van der Waals surface area (Å²) in [5.74, 6) is 0.00807. The number of aromatic nitrogens is 3. The number of hydrogen-bond donors (Lipinski definition) is 0. The number of carbonyl (C=O) groups excluding carboxylic acids is 1. The summed E-state index contributed by atoms with van der Waals surface area (Å²) in [5.41, 5.74) is 1.60. The zero-order valence-electron chi connectivity index (χ0n) is 13.0. The zero-order chi connectivity index (χ0) is 15.4. The summed E-state index contributed by atoms with van der Waals surface area (Å²) < 4.78 is 1.73. The van der Waals surface area contributed by atoms with Crippen LogP contribution in [-0.4, -0.2) is 38.4 Å². The van der Waals surface area contributed by atoms with Crippen LogP contribution in [0.1, 0.15) is 48.7 Å². The monoisotopic (exact) mass is 298 g/mol. The van der Waals surface area contributed by atoms with Crippen molar-refractivity contribution in [2.24, 2.45) is 0 Å². The van der Waals surface area contributed by atoms with Crippen LogP contribution in [0.4, 0.5) is 0 Å². The van der Waals surface area contributed by atoms with Gasteiger partial charge in [0.25, 0.3) is 5.91 Å². The predicted molar refractivity (Wildman–Crippen MR) is 84.5 cm³/mol. The lowest BCUT2D eigenvalue weighted by Gasteiger charge is -2.26. The molecule has 1 aliphatic carbocycles. The summed E-state index contributed by atoms with van der Waals surface area (Å²) >= 11 is 0. The maximum absolute atomic E-state index is 12.6. The first kappa shape index (κ1) is 14.8. The van der Waals surface area contributed by atoms with Crippen molar-refractivity contribution < 1.29 is 4.79 Å². The number of nitrogens with zero attached hydrogens (tertiary/aromatic N) is 4. The topological polar surface area (TPSA) is 51.0 Å². The summed E-state index contributed by atoms with van der Waals surface area (Å²) in [4.78, 5) is 14.6. The van der Waals surface area contributed by atoms with Gasteiger partial charge in [-0.3, -0.25) is 4.79 Å². The molecule has 1 aliphatic rings. The molecule has 0 radical (unpaired) electrons. The fraction of sp³-hybridized carbons (Fsp3) is 0.471. The van der Waals surface area contributed by atoms with Crippen LogP contribution in [0.3, 0.4) is 0 Å². The molecule has 1 amide bonds. The van der Waals surface area contributed by atoms with E-state index in [2.05, 4.69) is 10.3 Å². The number of hydrogen-bond acceptors (Lipinski definition) is 3. The Morgan fingerprint density at radius 1 is 1.27 bits per heavy atom. The Labute approximate surface area is 130 Å². The quantitative estimate of drug-likeness (QED) is 0.853. The molecule has 3 rings (SSSR count). The molecule has 5 nitrogen and oxygen atoms in total. The molecule has 0 aliphatic heterocycles. The van der Waals surface area contributed by atoms with E-state index in [1.54, 1.807) is 10.9 Å². The smallest absolute Gasteiger partial charge is 0.276 e. The Morgan fingerprint density at radius 3 is 2.68 bits per heavy atom. The van der Waals surface area contributed by atoms with Crippen LogP contribution in [0.5, 0.6) is 0 Å². The molecule has 0 saturated heterocycles. The van der Waals surface area contributed by atoms with Crippen molar-refractivity contribution >= 4 is 5.91 Å². The van der Waals surface area contributed by atoms with Crippen LogP contribution in [0.2, 0.25) is 0 Å². The van der Waals surface area contributed by atoms with Gasteiger partial charge in [-0.15, -0.1) is 5.10 Å². The number of rotatable bonds is 5. The first-order valence-electron chi connectivity index (χ1n) is 8.03. The van der Waals surface area contributed by atoms with E-state index in [1.165, 1.54) is 12.8 Å². The van der Waals surface area contributed by atoms with E-state index in [1.807, 2.05) is 42.2 Å². The fourth-order valence-electron chi connectivity index (χ4n) is 3.17. The molecule has 1 heterocycles. The van der Waals surface area contributed by atoms with Crippen molar-refractivity contribution in [3.05, 3.63) is 47.8 Å². The lowest BCUT2D eigenvalue weighted by molar-refractivity contribution is 0.0687. The minimum atomic E-state index is 0.00807. The second kappa shape index (κ2) is 6.73. The minimum absolute atomic E-state index is 0.00807. The minimum Gasteiger partial charge on any atom is -0.334 e. The highest BCUT2D eigenvalue weighted by Gasteiger charge is 2.27. The van der Waals surface area contributed by atoms with Gasteiger partial charge in [0.05, 0.1) is 12.7 Å². The largest absolute Gasteiger partial charge is 0.334 e. The maximum Gasteiger partial charge on any atom is 0.276 e. The van der Waals surface area contributed by atoms with Gasteiger partial charge in [0.1, 0.15) is 0 Å². The summed E-state index contributed by atoms with van der Waals surface area (Å²) in [5, 5.41) is 8.17. The summed E-state index contributed by atoms with van der Waals surface area (Å²) in [6.07, 6.45) is 6.41. The average molecular weight is 298 g/mol. The Balaban J connectivity index is 1.70. The van der Waals surface area contributed by atoms with Crippen molar-refractivity contribution in [3.63, 3.8) is 0 Å². The highest BCUT2D eigenvalue weighted by Crippen LogP contribution is 2.24. The van der Waals surface area contributed by atoms with Gasteiger partial charge in [0.2, 0.25) is 0 Å². The first-order valence-corrected chi connectivity index (χ1v) is 8.03. The third kappa shape index (κ3) is 3.18. The fourth-order valence-corrected chi connectivity index (χ4v) is 3.17. The van der Waals surface area contributed by atoms with Gasteiger partial charge in [0, 0.05) is 12.6 Å². The van der Waals surface area contributed by atoms with E-state index in [4.69, 9.17) is 0 Å². The van der Waals surface area contributed by atoms with Gasteiger partial charge in [-0.2, -0.15) is 0 Å². The van der Waals surface area contributed by atoms with E-state index in [9.17, 15) is 4.79 Å². The van der Waals surface area contributed by atoms with E-state index in [0.29, 0.717) is 18.3 Å². The van der Waals surface area contributed by atoms with Crippen LogP contribution >= 0.6 is 0 Å². The Kier molecular flexibility index (Phi) is 4.51. The molecule has 0 N–H and O–H groups in total. The van der Waals surface area contributed by atoms with E-state index >= 15 is 0 Å². The summed E-state index contributed by atoms with van der Waals surface area (Å²) in [6.45, 7) is 3.40. The van der Waals surface area contributed by atoms with E-state index in [-0.39, 0.29) is 5.91 Å². The van der Waals surface area contributed by atoms with Gasteiger partial charge in [-0.25, -0.2) is 4.68 Å². The molecule has 1 saturated carbocycles. The highest BCUT2D eigenvalue weighted by atomic mass is 16.2. The van der Waals surface area contributed by atoms with Gasteiger partial charge < -0.3 is 4.90 Å². The molecular weight excluding hydrogens is 276 g/mol. The molecular formula is C17H22N4O. The number of amides is 1. The number of carbonyl (C=O) groups is 1. The van der Waals surface area contributed by atoms with Gasteiger partial charge >= 0.3 is 0 Å². The Morgan fingerprint density at radius 2 is 2.00 bits per heavy atom. The lowest BCUT2D eigenvalue weighted by Crippen LogP contribution is -2.38. The molecule has 5 heteroatoms. The zero-order valence-corrected chi connectivity index (χ0v) is 13.0. The number of benzene rings is 1. The molecule has 1 aromatic carbocycles. The molecule has 0 atom stereocenters. The Bertz CT molecular complexity index is 617. The first-order chi connectivity index (χ1) is 10.8. The average Bonchev–Trinajstić information content (AvgIpc) is 3.21. The molecule has 0 spiro atoms. The SMILES string of the molecule is CCN(C(=O)c1cn(Cc2ccccc2)nn1)C1CCCC1. The molecule has 0 unspecified atom stereocenters. The normalized spacial score (nSPS) is 15.1. The van der Waals surface area contributed by atoms with Crippen LogP contribution in [-0.2, 0) is 6.54 Å². The van der Waals surface area contributed by atoms with Gasteiger partial charge in [-0.1, -0.05) is 48.4 Å². The second-order valence-corrected chi connectivity index (χ2v) is 5.82. The van der Waals surface area contributed by atoms with Crippen LogP contribution in [0, 0.1) is 0 Å². The molecule has 2 aromatic rings. The van der Waals surface area contributed by atoms with Crippen molar-refractivity contribution in [2.45, 2.75) is 45.2 Å². The van der Waals surface area contributed by atoms with Crippen LogP contribution in [0.25, 0.3) is 0 Å². The van der Waals surface area contributed by atoms with Crippen molar-refractivity contribution in [1.82, 2.24) is 19.9 Å². The molecule has 116 valence electrons. The van der Waals surface area contributed by atoms with Crippen LogP contribution < -0.4 is 0 Å². The highest BCUT2D eigenvalue weighted by molar-refractivity contribution is 5.92. The molecule has 1 fully saturated rings. The molecule has 1 aromatic heterocycles. The Hall–Kier alpha value is -2.17. The van der Waals surface area contributed by atoms with E-state index in [0.717, 1.165) is 24.9 Å². The van der Waals surface area contributed by atoms with E-state index < -0.39 is 0 Å². The third-order valence-electron chi connectivity index (χ3n) is 4.31. The predicted octanol–water partition coefficient (Wildman–Crippen LogP) is 2.73. The van der Waals surface area contributed by atoms with Gasteiger partial charge in [-0.05, 0) is 25.3 Å². The second-order valence-electron chi connectivity index (χ2n) is 5.82. The van der Waals surface area contributed by atoms with Crippen molar-refractivity contribution in [3.8, 4) is 0 Å². The standard InChI is InChI=1S/C17H22N4O/c1-2-21(15-10-6-7-11-15)17(22)16-13-20(19-18-16)12-14-8-4-3-5-9-14/h3-5,8-9,13,15H,2,6-7,10-12H2,1H3. The van der Waals surface area contributed by atoms with Crippen LogP contribution in [0.15, 0.2) is 36.5 Å². The maximum atomic E-state index is 12.6. The van der Waals surface area contributed by atoms with Gasteiger partial charge in [0.15, 0.2) is 5.69 Å². The summed E-state index contributed by atoms with van der Waals surface area (Å²) in [7, 11) is 0.